The summed E-state index contributed by atoms with van der Waals surface area (Å²) >= 11 is 0. The van der Waals surface area contributed by atoms with Crippen molar-refractivity contribution in [1.82, 2.24) is 0 Å². The van der Waals surface area contributed by atoms with E-state index in [4.69, 9.17) is 0 Å². The summed E-state index contributed by atoms with van der Waals surface area (Å²) in [6.45, 7) is -0.640. The van der Waals surface area contributed by atoms with Gasteiger partial charge in [0.2, 0.25) is 0 Å². The highest BCUT2D eigenvalue weighted by atomic mass is 28.3. The minimum absolute atomic E-state index is 0.353. The highest BCUT2D eigenvalue weighted by Crippen LogP contribution is 2.42. The molecule has 170 valence electrons. The maximum Gasteiger partial charge on any atom is 0.387 e. The van der Waals surface area contributed by atoms with Crippen molar-refractivity contribution in [3.63, 3.8) is 0 Å². The Kier molecular flexibility index (Phi) is 9.60. The minimum atomic E-state index is -2.99. The van der Waals surface area contributed by atoms with E-state index in [1.54, 1.807) is 24.2 Å². The number of hydrogen-bond acceptors (Lipinski definition) is 1. The van der Waals surface area contributed by atoms with Gasteiger partial charge in [-0.3, -0.25) is 0 Å². The van der Waals surface area contributed by atoms with Gasteiger partial charge in [-0.2, -0.15) is 8.78 Å². The van der Waals surface area contributed by atoms with Crippen molar-refractivity contribution < 1.29 is 17.9 Å². The summed E-state index contributed by atoms with van der Waals surface area (Å²) < 4.78 is 42.4. The first kappa shape index (κ1) is 23.7. The van der Waals surface area contributed by atoms with Gasteiger partial charge in [0.25, 0.3) is 0 Å². The fraction of sp³-hybridized carbons (Fsp3) is 0.760. The molecule has 0 N–H and O–H groups in total. The molecule has 0 unspecified atom stereocenters. The van der Waals surface area contributed by atoms with E-state index in [-0.39, 0.29) is 14.5 Å². The maximum absolute atomic E-state index is 13.8. The van der Waals surface area contributed by atoms with Crippen molar-refractivity contribution in [3.8, 4) is 5.75 Å². The van der Waals surface area contributed by atoms with Gasteiger partial charge in [-0.15, -0.1) is 0 Å². The number of benzene rings is 1. The number of ether oxygens (including phenoxy) is 1. The highest BCUT2D eigenvalue weighted by molar-refractivity contribution is 6.58. The Labute approximate surface area is 182 Å². The molecule has 0 atom stereocenters. The largest absolute Gasteiger partial charge is 0.432 e. The Morgan fingerprint density at radius 2 is 1.70 bits per heavy atom. The summed E-state index contributed by atoms with van der Waals surface area (Å²) in [4.78, 5) is 0. The molecular weight excluding hydrogens is 401 g/mol. The zero-order valence-corrected chi connectivity index (χ0v) is 19.7. The van der Waals surface area contributed by atoms with E-state index < -0.39 is 12.4 Å². The minimum Gasteiger partial charge on any atom is -0.432 e. The molecule has 1 aromatic carbocycles. The molecular formula is C25H39F3OSi. The number of halogens is 3. The fourth-order valence-corrected chi connectivity index (χ4v) is 9.44. The summed E-state index contributed by atoms with van der Waals surface area (Å²) in [5.41, 5.74) is 0.861. The quantitative estimate of drug-likeness (QED) is 0.264. The first-order valence-corrected chi connectivity index (χ1v) is 14.7. The summed E-state index contributed by atoms with van der Waals surface area (Å²) in [7, 11) is -0.353. The molecule has 0 aromatic heterocycles. The molecule has 0 spiro atoms. The van der Waals surface area contributed by atoms with E-state index in [0.717, 1.165) is 36.2 Å². The lowest BCUT2D eigenvalue weighted by Crippen LogP contribution is -2.28. The van der Waals surface area contributed by atoms with E-state index in [9.17, 15) is 13.2 Å². The smallest absolute Gasteiger partial charge is 0.387 e. The van der Waals surface area contributed by atoms with Crippen molar-refractivity contribution in [3.05, 3.63) is 29.6 Å². The average molecular weight is 441 g/mol. The first-order valence-electron chi connectivity index (χ1n) is 12.3. The Bertz CT molecular complexity index is 623. The van der Waals surface area contributed by atoms with E-state index in [2.05, 4.69) is 11.7 Å². The average Bonchev–Trinajstić information content (AvgIpc) is 2.74. The van der Waals surface area contributed by atoms with Crippen LogP contribution in [0.25, 0.3) is 0 Å². The van der Waals surface area contributed by atoms with Gasteiger partial charge in [-0.05, 0) is 61.1 Å². The molecule has 0 radical (unpaired) electrons. The lowest BCUT2D eigenvalue weighted by Gasteiger charge is -2.37. The number of hydrogen-bond donors (Lipinski definition) is 0. The van der Waals surface area contributed by atoms with Crippen LogP contribution < -0.4 is 4.74 Å². The first-order chi connectivity index (χ1) is 14.5. The highest BCUT2D eigenvalue weighted by Gasteiger charge is 2.30. The lowest BCUT2D eigenvalue weighted by molar-refractivity contribution is -0.0522. The molecule has 1 aliphatic carbocycles. The van der Waals surface area contributed by atoms with Crippen LogP contribution >= 0.6 is 0 Å². The van der Waals surface area contributed by atoms with Crippen LogP contribution in [0.4, 0.5) is 13.2 Å². The van der Waals surface area contributed by atoms with Crippen LogP contribution in [0.5, 0.6) is 5.75 Å². The zero-order valence-electron chi connectivity index (χ0n) is 18.6. The topological polar surface area (TPSA) is 9.23 Å². The standard InChI is InChI=1S/C25H39F3OSi/c1-2-15-30-16-13-22(14-17-30)21-10-7-19(8-11-21)5-3-4-6-20-9-12-24(23(26)18-20)29-25(27)28/h9,12,18-19,21-22,25,30H,2-8,10-11,13-17H2,1H3/t19-,21-,22-,30-. The van der Waals surface area contributed by atoms with E-state index in [0.29, 0.717) is 0 Å². The molecule has 2 aliphatic rings. The number of rotatable bonds is 10. The van der Waals surface area contributed by atoms with Crippen molar-refractivity contribution >= 4 is 8.80 Å². The Morgan fingerprint density at radius 3 is 2.33 bits per heavy atom. The predicted octanol–water partition coefficient (Wildman–Crippen LogP) is 7.99. The van der Waals surface area contributed by atoms with Crippen LogP contribution in [-0.2, 0) is 6.42 Å². The van der Waals surface area contributed by atoms with Gasteiger partial charge in [0.1, 0.15) is 0 Å². The molecule has 1 saturated carbocycles. The summed E-state index contributed by atoms with van der Waals surface area (Å²) in [6, 6.07) is 9.13. The van der Waals surface area contributed by atoms with Crippen molar-refractivity contribution in [1.29, 1.82) is 0 Å². The van der Waals surface area contributed by atoms with Crippen molar-refractivity contribution in [2.24, 2.45) is 17.8 Å². The fourth-order valence-electron chi connectivity index (χ4n) is 5.96. The Balaban J connectivity index is 1.30. The number of aryl methyl sites for hydroxylation is 1. The SMILES string of the molecule is CCC[Si@H]1CC[C@H]([C@H]2CC[C@H](CCCCc3ccc(OC(F)F)c(F)c3)CC2)CC1. The van der Waals surface area contributed by atoms with E-state index in [1.807, 2.05) is 0 Å². The monoisotopic (exact) mass is 440 g/mol. The number of unbranched alkanes of at least 4 members (excludes halogenated alkanes) is 1. The molecule has 3 rings (SSSR count). The van der Waals surface area contributed by atoms with Gasteiger partial charge in [0.15, 0.2) is 11.6 Å². The third kappa shape index (κ3) is 7.32. The van der Waals surface area contributed by atoms with Gasteiger partial charge in [-0.1, -0.05) is 76.1 Å². The Morgan fingerprint density at radius 1 is 1.00 bits per heavy atom. The summed E-state index contributed by atoms with van der Waals surface area (Å²) in [6.07, 6.45) is 14.4. The van der Waals surface area contributed by atoms with Crippen LogP contribution in [0.15, 0.2) is 18.2 Å². The molecule has 1 aromatic rings. The summed E-state index contributed by atoms with van der Waals surface area (Å²) in [5.74, 6) is 1.82. The van der Waals surface area contributed by atoms with Gasteiger partial charge < -0.3 is 4.74 Å². The molecule has 1 nitrogen and oxygen atoms in total. The van der Waals surface area contributed by atoms with Crippen molar-refractivity contribution in [2.45, 2.75) is 102 Å². The third-order valence-corrected chi connectivity index (χ3v) is 11.4. The Hall–Kier alpha value is -0.973. The molecule has 2 fully saturated rings. The summed E-state index contributed by atoms with van der Waals surface area (Å²) in [5, 5.41) is 0. The molecule has 5 heteroatoms. The number of alkyl halides is 2. The second kappa shape index (κ2) is 12.2. The third-order valence-electron chi connectivity index (χ3n) is 7.69. The second-order valence-corrected chi connectivity index (χ2v) is 13.2. The van der Waals surface area contributed by atoms with Gasteiger partial charge in [-0.25, -0.2) is 4.39 Å². The van der Waals surface area contributed by atoms with E-state index in [1.165, 1.54) is 69.9 Å². The van der Waals surface area contributed by atoms with Gasteiger partial charge in [0.05, 0.1) is 0 Å². The van der Waals surface area contributed by atoms with Gasteiger partial charge >= 0.3 is 6.61 Å². The molecule has 0 amide bonds. The predicted molar refractivity (Wildman–Crippen MR) is 121 cm³/mol. The molecule has 0 bridgehead atoms. The molecule has 30 heavy (non-hydrogen) atoms. The van der Waals surface area contributed by atoms with Gasteiger partial charge in [0, 0.05) is 8.80 Å². The molecule has 1 heterocycles. The van der Waals surface area contributed by atoms with Crippen LogP contribution in [0, 0.1) is 23.6 Å². The lowest BCUT2D eigenvalue weighted by atomic mass is 9.73. The second-order valence-electron chi connectivity index (χ2n) is 9.74. The zero-order chi connectivity index (χ0) is 21.3. The van der Waals surface area contributed by atoms with Crippen LogP contribution in [0.1, 0.15) is 76.7 Å². The molecule has 1 aliphatic heterocycles. The van der Waals surface area contributed by atoms with Crippen LogP contribution in [0.2, 0.25) is 18.1 Å². The maximum atomic E-state index is 13.8. The van der Waals surface area contributed by atoms with E-state index >= 15 is 0 Å². The van der Waals surface area contributed by atoms with Crippen LogP contribution in [-0.4, -0.2) is 15.4 Å². The van der Waals surface area contributed by atoms with Crippen molar-refractivity contribution in [2.75, 3.05) is 0 Å². The normalized spacial score (nSPS) is 27.4. The van der Waals surface area contributed by atoms with Crippen LogP contribution in [0.3, 0.4) is 0 Å². The molecule has 1 saturated heterocycles.